The molecule has 36 heavy (non-hydrogen) atoms. The van der Waals surface area contributed by atoms with E-state index in [-0.39, 0.29) is 5.97 Å². The van der Waals surface area contributed by atoms with Gasteiger partial charge in [-0.3, -0.25) is 4.79 Å². The van der Waals surface area contributed by atoms with Crippen LogP contribution in [0.3, 0.4) is 0 Å². The minimum Gasteiger partial charge on any atom is -0.466 e. The molecular formula is C33H32NO2+. The number of nitrogens with zero attached hydrogens (tertiary/aromatic N) is 1. The van der Waals surface area contributed by atoms with Crippen molar-refractivity contribution in [3.05, 3.63) is 101 Å². The highest BCUT2D eigenvalue weighted by Gasteiger charge is 2.37. The number of hydrogen-bond donors (Lipinski definition) is 0. The zero-order valence-electron chi connectivity index (χ0n) is 20.9. The zero-order chi connectivity index (χ0) is 24.5. The highest BCUT2D eigenvalue weighted by molar-refractivity contribution is 5.85. The van der Waals surface area contributed by atoms with Crippen LogP contribution in [0.1, 0.15) is 42.0 Å². The van der Waals surface area contributed by atoms with Crippen LogP contribution in [-0.2, 0) is 41.8 Å². The van der Waals surface area contributed by atoms with Crippen molar-refractivity contribution in [1.82, 2.24) is 0 Å². The van der Waals surface area contributed by atoms with E-state index in [0.717, 1.165) is 38.6 Å². The second-order valence-corrected chi connectivity index (χ2v) is 9.77. The molecule has 0 saturated carbocycles. The maximum atomic E-state index is 12.2. The van der Waals surface area contributed by atoms with E-state index in [1.807, 2.05) is 6.92 Å². The third-order valence-corrected chi connectivity index (χ3v) is 7.68. The number of carbonyl (C=O) groups is 1. The summed E-state index contributed by atoms with van der Waals surface area (Å²) in [6.07, 6.45) is 5.38. The number of rotatable bonds is 6. The fraction of sp³-hybridized carbons (Fsp3) is 0.273. The van der Waals surface area contributed by atoms with Gasteiger partial charge in [0.15, 0.2) is 0 Å². The fourth-order valence-electron chi connectivity index (χ4n) is 6.21. The van der Waals surface area contributed by atoms with Crippen molar-refractivity contribution in [1.29, 1.82) is 0 Å². The average molecular weight is 475 g/mol. The number of benzene rings is 3. The van der Waals surface area contributed by atoms with Gasteiger partial charge in [-0.2, -0.15) is 4.57 Å². The summed E-state index contributed by atoms with van der Waals surface area (Å²) in [6.45, 7) is 3.10. The van der Waals surface area contributed by atoms with Crippen LogP contribution in [0, 0.1) is 0 Å². The Morgan fingerprint density at radius 1 is 0.750 bits per heavy atom. The van der Waals surface area contributed by atoms with Gasteiger partial charge >= 0.3 is 5.97 Å². The largest absolute Gasteiger partial charge is 0.466 e. The first kappa shape index (κ1) is 22.7. The molecule has 0 bridgehead atoms. The number of aromatic nitrogens is 1. The molecule has 3 nitrogen and oxygen atoms in total. The monoisotopic (exact) mass is 474 g/mol. The standard InChI is InChI=1S/C33H32NO2/c1-2-36-30(35)17-10-22-34-32-26-15-8-6-11-23(26)18-20-28(32)31(25-13-4-3-5-14-25)29-21-19-24-12-7-9-16-27(24)33(29)34/h3-9,11-16H,2,10,17-22H2,1H3/q+1. The third kappa shape index (κ3) is 3.93. The van der Waals surface area contributed by atoms with E-state index in [4.69, 9.17) is 4.74 Å². The second-order valence-electron chi connectivity index (χ2n) is 9.77. The predicted octanol–water partition coefficient (Wildman–Crippen LogP) is 6.52. The first-order valence-corrected chi connectivity index (χ1v) is 13.3. The molecule has 0 atom stereocenters. The molecule has 0 fully saturated rings. The molecule has 0 amide bonds. The van der Waals surface area contributed by atoms with Gasteiger partial charge in [-0.15, -0.1) is 0 Å². The predicted molar refractivity (Wildman–Crippen MR) is 144 cm³/mol. The molecular weight excluding hydrogens is 442 g/mol. The molecule has 0 N–H and O–H groups in total. The lowest BCUT2D eigenvalue weighted by Crippen LogP contribution is -2.43. The molecule has 6 rings (SSSR count). The van der Waals surface area contributed by atoms with Gasteiger partial charge in [0.1, 0.15) is 6.54 Å². The van der Waals surface area contributed by atoms with Crippen LogP contribution in [0.4, 0.5) is 0 Å². The summed E-state index contributed by atoms with van der Waals surface area (Å²) in [4.78, 5) is 12.2. The van der Waals surface area contributed by atoms with E-state index in [1.165, 1.54) is 55.9 Å². The molecule has 2 aliphatic carbocycles. The van der Waals surface area contributed by atoms with Crippen LogP contribution in [0.25, 0.3) is 33.6 Å². The van der Waals surface area contributed by atoms with Gasteiger partial charge in [-0.25, -0.2) is 0 Å². The van der Waals surface area contributed by atoms with Crippen LogP contribution in [0.15, 0.2) is 78.9 Å². The molecule has 1 aromatic heterocycles. The van der Waals surface area contributed by atoms with Crippen molar-refractivity contribution < 1.29 is 14.1 Å². The van der Waals surface area contributed by atoms with Crippen molar-refractivity contribution in [2.45, 2.75) is 52.0 Å². The quantitative estimate of drug-likeness (QED) is 0.235. The third-order valence-electron chi connectivity index (χ3n) is 7.68. The summed E-state index contributed by atoms with van der Waals surface area (Å²) in [6, 6.07) is 28.7. The summed E-state index contributed by atoms with van der Waals surface area (Å²) in [7, 11) is 0. The van der Waals surface area contributed by atoms with Gasteiger partial charge in [0.2, 0.25) is 11.4 Å². The van der Waals surface area contributed by atoms with E-state index in [9.17, 15) is 4.79 Å². The Labute approximate surface area is 213 Å². The number of aryl methyl sites for hydroxylation is 2. The van der Waals surface area contributed by atoms with Crippen LogP contribution in [0.5, 0.6) is 0 Å². The first-order chi connectivity index (χ1) is 17.8. The minimum atomic E-state index is -0.109. The van der Waals surface area contributed by atoms with E-state index in [0.29, 0.717) is 13.0 Å². The maximum Gasteiger partial charge on any atom is 0.306 e. The van der Waals surface area contributed by atoms with E-state index in [1.54, 1.807) is 0 Å². The van der Waals surface area contributed by atoms with E-state index >= 15 is 0 Å². The molecule has 3 aromatic carbocycles. The Morgan fingerprint density at radius 2 is 1.31 bits per heavy atom. The first-order valence-electron chi connectivity index (χ1n) is 13.3. The summed E-state index contributed by atoms with van der Waals surface area (Å²) in [5.74, 6) is -0.109. The number of hydrogen-bond acceptors (Lipinski definition) is 2. The topological polar surface area (TPSA) is 30.2 Å². The molecule has 0 radical (unpaired) electrons. The Balaban J connectivity index is 1.63. The minimum absolute atomic E-state index is 0.109. The SMILES string of the molecule is CCOC(=O)CCC[n+]1c2c(c(-c3ccccc3)c3c1-c1ccccc1CC3)CCc1ccccc1-2. The number of esters is 1. The average Bonchev–Trinajstić information content (AvgIpc) is 2.92. The van der Waals surface area contributed by atoms with E-state index in [2.05, 4.69) is 83.4 Å². The number of fused-ring (bicyclic) bond motifs is 6. The van der Waals surface area contributed by atoms with Crippen LogP contribution < -0.4 is 4.57 Å². The Bertz CT molecular complexity index is 1360. The van der Waals surface area contributed by atoms with Crippen molar-refractivity contribution in [2.75, 3.05) is 6.61 Å². The summed E-state index contributed by atoms with van der Waals surface area (Å²) in [5.41, 5.74) is 13.8. The van der Waals surface area contributed by atoms with E-state index < -0.39 is 0 Å². The molecule has 0 unspecified atom stereocenters. The lowest BCUT2D eigenvalue weighted by molar-refractivity contribution is -0.676. The smallest absolute Gasteiger partial charge is 0.306 e. The van der Waals surface area contributed by atoms with Crippen molar-refractivity contribution in [2.24, 2.45) is 0 Å². The molecule has 0 saturated heterocycles. The Morgan fingerprint density at radius 3 is 1.89 bits per heavy atom. The Kier molecular flexibility index (Phi) is 6.14. The summed E-state index contributed by atoms with van der Waals surface area (Å²) < 4.78 is 7.79. The van der Waals surface area contributed by atoms with Gasteiger partial charge in [0.25, 0.3) is 0 Å². The lowest BCUT2D eigenvalue weighted by Gasteiger charge is -2.28. The van der Waals surface area contributed by atoms with Crippen molar-refractivity contribution in [3.8, 4) is 33.6 Å². The van der Waals surface area contributed by atoms with Gasteiger partial charge < -0.3 is 4.74 Å². The van der Waals surface area contributed by atoms with Crippen molar-refractivity contribution >= 4 is 5.97 Å². The highest BCUT2D eigenvalue weighted by atomic mass is 16.5. The zero-order valence-corrected chi connectivity index (χ0v) is 20.9. The molecule has 180 valence electrons. The summed E-state index contributed by atoms with van der Waals surface area (Å²) >= 11 is 0. The lowest BCUT2D eigenvalue weighted by atomic mass is 9.77. The maximum absolute atomic E-state index is 12.2. The summed E-state index contributed by atoms with van der Waals surface area (Å²) in [5, 5.41) is 0. The number of ether oxygens (including phenoxy) is 1. The molecule has 2 aliphatic rings. The normalized spacial score (nSPS) is 13.2. The number of pyridine rings is 1. The fourth-order valence-corrected chi connectivity index (χ4v) is 6.21. The molecule has 4 aromatic rings. The van der Waals surface area contributed by atoms with Gasteiger partial charge in [0, 0.05) is 34.2 Å². The van der Waals surface area contributed by atoms with Gasteiger partial charge in [-0.05, 0) is 61.4 Å². The van der Waals surface area contributed by atoms with Gasteiger partial charge in [0.05, 0.1) is 13.0 Å². The van der Waals surface area contributed by atoms with Crippen LogP contribution >= 0.6 is 0 Å². The second kappa shape index (κ2) is 9.73. The van der Waals surface area contributed by atoms with Gasteiger partial charge in [-0.1, -0.05) is 66.7 Å². The van der Waals surface area contributed by atoms with Crippen LogP contribution in [0.2, 0.25) is 0 Å². The molecule has 3 heteroatoms. The molecule has 1 heterocycles. The van der Waals surface area contributed by atoms with Crippen LogP contribution in [-0.4, -0.2) is 12.6 Å². The Hall–Kier alpha value is -3.72. The molecule has 0 spiro atoms. The highest BCUT2D eigenvalue weighted by Crippen LogP contribution is 2.44. The van der Waals surface area contributed by atoms with Crippen molar-refractivity contribution in [3.63, 3.8) is 0 Å². The number of carbonyl (C=O) groups excluding carboxylic acids is 1. The molecule has 0 aliphatic heterocycles.